The molecule has 1 N–H and O–H groups in total. The highest BCUT2D eigenvalue weighted by Gasteiger charge is 2.23. The Morgan fingerprint density at radius 1 is 1.35 bits per heavy atom. The van der Waals surface area contributed by atoms with Crippen LogP contribution in [0.1, 0.15) is 39.0 Å². The SMILES string of the molecule is CCCCC(C)(O)Cc1nc2ccccc2o1. The second-order valence-electron chi connectivity index (χ2n) is 4.85. The Labute approximate surface area is 101 Å². The topological polar surface area (TPSA) is 46.3 Å². The zero-order valence-corrected chi connectivity index (χ0v) is 10.4. The third-order valence-corrected chi connectivity index (χ3v) is 2.94. The van der Waals surface area contributed by atoms with Gasteiger partial charge in [-0.2, -0.15) is 0 Å². The predicted octanol–water partition coefficient (Wildman–Crippen LogP) is 3.31. The monoisotopic (exact) mass is 233 g/mol. The van der Waals surface area contributed by atoms with Gasteiger partial charge in [0.2, 0.25) is 0 Å². The Morgan fingerprint density at radius 3 is 2.82 bits per heavy atom. The molecule has 0 aliphatic heterocycles. The van der Waals surface area contributed by atoms with Crippen LogP contribution in [-0.2, 0) is 6.42 Å². The van der Waals surface area contributed by atoms with Crippen molar-refractivity contribution in [2.24, 2.45) is 0 Å². The summed E-state index contributed by atoms with van der Waals surface area (Å²) >= 11 is 0. The average molecular weight is 233 g/mol. The van der Waals surface area contributed by atoms with Crippen molar-refractivity contribution >= 4 is 11.1 Å². The molecule has 0 amide bonds. The number of benzene rings is 1. The molecule has 1 unspecified atom stereocenters. The number of aliphatic hydroxyl groups is 1. The van der Waals surface area contributed by atoms with Gasteiger partial charge in [-0.3, -0.25) is 0 Å². The van der Waals surface area contributed by atoms with Crippen molar-refractivity contribution in [2.75, 3.05) is 0 Å². The molecule has 1 aromatic carbocycles. The highest BCUT2D eigenvalue weighted by atomic mass is 16.4. The smallest absolute Gasteiger partial charge is 0.198 e. The number of aromatic nitrogens is 1. The molecule has 2 rings (SSSR count). The molecule has 3 nitrogen and oxygen atoms in total. The van der Waals surface area contributed by atoms with E-state index in [1.165, 1.54) is 0 Å². The van der Waals surface area contributed by atoms with Crippen molar-refractivity contribution in [3.8, 4) is 0 Å². The van der Waals surface area contributed by atoms with Gasteiger partial charge in [0.15, 0.2) is 11.5 Å². The van der Waals surface area contributed by atoms with Crippen LogP contribution >= 0.6 is 0 Å². The molecule has 1 heterocycles. The summed E-state index contributed by atoms with van der Waals surface area (Å²) in [6, 6.07) is 7.67. The van der Waals surface area contributed by atoms with Crippen LogP contribution in [0.4, 0.5) is 0 Å². The minimum atomic E-state index is -0.725. The van der Waals surface area contributed by atoms with Gasteiger partial charge in [-0.15, -0.1) is 0 Å². The summed E-state index contributed by atoms with van der Waals surface area (Å²) in [6.07, 6.45) is 3.36. The van der Waals surface area contributed by atoms with Gasteiger partial charge in [0.1, 0.15) is 5.52 Å². The Morgan fingerprint density at radius 2 is 2.12 bits per heavy atom. The standard InChI is InChI=1S/C14H19NO2/c1-3-4-9-14(2,16)10-13-15-11-7-5-6-8-12(11)17-13/h5-8,16H,3-4,9-10H2,1-2H3. The highest BCUT2D eigenvalue weighted by Crippen LogP contribution is 2.22. The van der Waals surface area contributed by atoms with E-state index in [-0.39, 0.29) is 0 Å². The van der Waals surface area contributed by atoms with E-state index in [2.05, 4.69) is 11.9 Å². The molecule has 1 aromatic heterocycles. The number of fused-ring (bicyclic) bond motifs is 1. The molecule has 0 saturated carbocycles. The molecule has 0 aliphatic carbocycles. The summed E-state index contributed by atoms with van der Waals surface area (Å²) in [6.45, 7) is 3.97. The molecular weight excluding hydrogens is 214 g/mol. The van der Waals surface area contributed by atoms with E-state index in [1.54, 1.807) is 0 Å². The molecule has 0 spiro atoms. The lowest BCUT2D eigenvalue weighted by Gasteiger charge is -2.20. The second kappa shape index (κ2) is 4.88. The Kier molecular flexibility index (Phi) is 3.48. The van der Waals surface area contributed by atoms with Crippen LogP contribution in [0.3, 0.4) is 0 Å². The maximum atomic E-state index is 10.2. The summed E-state index contributed by atoms with van der Waals surface area (Å²) in [4.78, 5) is 4.38. The fourth-order valence-electron chi connectivity index (χ4n) is 1.97. The third kappa shape index (κ3) is 3.07. The van der Waals surface area contributed by atoms with Crippen molar-refractivity contribution in [3.05, 3.63) is 30.2 Å². The Bertz CT molecular complexity index is 455. The summed E-state index contributed by atoms with van der Waals surface area (Å²) in [5, 5.41) is 10.2. The number of unbranched alkanes of at least 4 members (excludes halogenated alkanes) is 1. The quantitative estimate of drug-likeness (QED) is 0.861. The van der Waals surface area contributed by atoms with Gasteiger partial charge in [0.25, 0.3) is 0 Å². The van der Waals surface area contributed by atoms with Gasteiger partial charge >= 0.3 is 0 Å². The van der Waals surface area contributed by atoms with Gasteiger partial charge in [-0.05, 0) is 25.5 Å². The van der Waals surface area contributed by atoms with Crippen molar-refractivity contribution in [1.82, 2.24) is 4.98 Å². The van der Waals surface area contributed by atoms with Crippen molar-refractivity contribution < 1.29 is 9.52 Å². The molecule has 0 saturated heterocycles. The molecule has 0 bridgehead atoms. The molecule has 0 radical (unpaired) electrons. The Hall–Kier alpha value is -1.35. The van der Waals surface area contributed by atoms with E-state index in [4.69, 9.17) is 4.42 Å². The van der Waals surface area contributed by atoms with Crippen LogP contribution in [0.2, 0.25) is 0 Å². The van der Waals surface area contributed by atoms with E-state index in [1.807, 2.05) is 31.2 Å². The zero-order valence-electron chi connectivity index (χ0n) is 10.4. The summed E-state index contributed by atoms with van der Waals surface area (Å²) < 4.78 is 5.61. The lowest BCUT2D eigenvalue weighted by molar-refractivity contribution is 0.0430. The van der Waals surface area contributed by atoms with Gasteiger partial charge in [0, 0.05) is 0 Å². The normalized spacial score (nSPS) is 15.0. The first kappa shape index (κ1) is 12.1. The van der Waals surface area contributed by atoms with Crippen molar-refractivity contribution in [3.63, 3.8) is 0 Å². The minimum Gasteiger partial charge on any atom is -0.441 e. The van der Waals surface area contributed by atoms with E-state index < -0.39 is 5.60 Å². The molecule has 17 heavy (non-hydrogen) atoms. The first-order valence-corrected chi connectivity index (χ1v) is 6.17. The summed E-state index contributed by atoms with van der Waals surface area (Å²) in [5.41, 5.74) is 0.916. The van der Waals surface area contributed by atoms with Gasteiger partial charge in [-0.1, -0.05) is 31.9 Å². The predicted molar refractivity (Wildman–Crippen MR) is 67.9 cm³/mol. The molecule has 3 heteroatoms. The lowest BCUT2D eigenvalue weighted by atomic mass is 9.95. The number of oxazole rings is 1. The largest absolute Gasteiger partial charge is 0.441 e. The molecule has 0 fully saturated rings. The number of hydrogen-bond donors (Lipinski definition) is 1. The number of hydrogen-bond acceptors (Lipinski definition) is 3. The lowest BCUT2D eigenvalue weighted by Crippen LogP contribution is -2.27. The van der Waals surface area contributed by atoms with Crippen LogP contribution < -0.4 is 0 Å². The summed E-state index contributed by atoms with van der Waals surface area (Å²) in [7, 11) is 0. The van der Waals surface area contributed by atoms with Crippen LogP contribution in [0.15, 0.2) is 28.7 Å². The summed E-state index contributed by atoms with van der Waals surface area (Å²) in [5.74, 6) is 0.618. The van der Waals surface area contributed by atoms with E-state index >= 15 is 0 Å². The van der Waals surface area contributed by atoms with Crippen LogP contribution in [0.5, 0.6) is 0 Å². The fraction of sp³-hybridized carbons (Fsp3) is 0.500. The second-order valence-corrected chi connectivity index (χ2v) is 4.85. The fourth-order valence-corrected chi connectivity index (χ4v) is 1.97. The van der Waals surface area contributed by atoms with E-state index in [9.17, 15) is 5.11 Å². The maximum Gasteiger partial charge on any atom is 0.198 e. The van der Waals surface area contributed by atoms with E-state index in [0.29, 0.717) is 12.3 Å². The van der Waals surface area contributed by atoms with Gasteiger partial charge in [-0.25, -0.2) is 4.98 Å². The number of para-hydroxylation sites is 2. The van der Waals surface area contributed by atoms with Crippen LogP contribution in [0.25, 0.3) is 11.1 Å². The molecule has 1 atom stereocenters. The molecule has 0 aliphatic rings. The first-order chi connectivity index (χ1) is 8.11. The van der Waals surface area contributed by atoms with Crippen molar-refractivity contribution in [2.45, 2.75) is 45.1 Å². The van der Waals surface area contributed by atoms with Crippen LogP contribution in [-0.4, -0.2) is 15.7 Å². The minimum absolute atomic E-state index is 0.474. The Balaban J connectivity index is 2.12. The third-order valence-electron chi connectivity index (χ3n) is 2.94. The molecule has 2 aromatic rings. The van der Waals surface area contributed by atoms with Crippen molar-refractivity contribution in [1.29, 1.82) is 0 Å². The average Bonchev–Trinajstić information content (AvgIpc) is 2.67. The zero-order chi connectivity index (χ0) is 12.3. The van der Waals surface area contributed by atoms with E-state index in [0.717, 1.165) is 30.4 Å². The molecule has 92 valence electrons. The maximum absolute atomic E-state index is 10.2. The van der Waals surface area contributed by atoms with Gasteiger partial charge < -0.3 is 9.52 Å². The van der Waals surface area contributed by atoms with Crippen LogP contribution in [0, 0.1) is 0 Å². The van der Waals surface area contributed by atoms with Gasteiger partial charge in [0.05, 0.1) is 12.0 Å². The highest BCUT2D eigenvalue weighted by molar-refractivity contribution is 5.72. The first-order valence-electron chi connectivity index (χ1n) is 6.17. The molecular formula is C14H19NO2. The number of nitrogens with zero attached hydrogens (tertiary/aromatic N) is 1. The number of rotatable bonds is 5.